The van der Waals surface area contributed by atoms with Crippen LogP contribution in [0.2, 0.25) is 0 Å². The Bertz CT molecular complexity index is 255. The van der Waals surface area contributed by atoms with Crippen molar-refractivity contribution in [2.75, 3.05) is 0 Å². The molecular weight excluding hydrogens is 388 g/mol. The molecule has 0 bridgehead atoms. The summed E-state index contributed by atoms with van der Waals surface area (Å²) in [6, 6.07) is 12.0. The molecule has 2 N–H and O–H groups in total. The van der Waals surface area contributed by atoms with Gasteiger partial charge in [-0.1, -0.05) is 36.4 Å². The van der Waals surface area contributed by atoms with Gasteiger partial charge in [-0.15, -0.1) is 0 Å². The van der Waals surface area contributed by atoms with Gasteiger partial charge in [0.2, 0.25) is 0 Å². The number of hydrogen-bond acceptors (Lipinski definition) is 0. The summed E-state index contributed by atoms with van der Waals surface area (Å²) < 4.78 is 117. The molecule has 23 heavy (non-hydrogen) atoms. The SMILES string of the molecule is F[B-](F)(F)F.F[B-](F)(F)F.F[B-](F)(F)F.O.[KH].c1ccccc1. The zero-order valence-corrected chi connectivity index (χ0v) is 10.2. The van der Waals surface area contributed by atoms with Crippen molar-refractivity contribution in [1.29, 1.82) is 0 Å². The monoisotopic (exact) mass is 397 g/mol. The van der Waals surface area contributed by atoms with E-state index in [1.54, 1.807) is 0 Å². The van der Waals surface area contributed by atoms with E-state index in [0.717, 1.165) is 0 Å². The molecular formula is C6H9B3F12KO-3. The Morgan fingerprint density at radius 1 is 0.348 bits per heavy atom. The summed E-state index contributed by atoms with van der Waals surface area (Å²) >= 11 is 0. The third kappa shape index (κ3) is 237. The van der Waals surface area contributed by atoms with Crippen LogP contribution in [0.5, 0.6) is 0 Å². The van der Waals surface area contributed by atoms with Crippen molar-refractivity contribution in [2.24, 2.45) is 0 Å². The normalized spacial score (nSPS) is 9.91. The minimum absolute atomic E-state index is 0. The van der Waals surface area contributed by atoms with Gasteiger partial charge < -0.3 is 57.3 Å². The van der Waals surface area contributed by atoms with Crippen molar-refractivity contribution >= 4 is 73.1 Å². The van der Waals surface area contributed by atoms with Crippen molar-refractivity contribution in [2.45, 2.75) is 0 Å². The predicted molar refractivity (Wildman–Crippen MR) is 67.8 cm³/mol. The summed E-state index contributed by atoms with van der Waals surface area (Å²) in [5, 5.41) is 0. The molecule has 0 fully saturated rings. The first-order valence-corrected chi connectivity index (χ1v) is 4.62. The third-order valence-electron chi connectivity index (χ3n) is 0.667. The van der Waals surface area contributed by atoms with E-state index >= 15 is 0 Å². The van der Waals surface area contributed by atoms with E-state index in [0.29, 0.717) is 0 Å². The summed E-state index contributed by atoms with van der Waals surface area (Å²) in [6.07, 6.45) is 0. The number of rotatable bonds is 0. The topological polar surface area (TPSA) is 31.5 Å². The van der Waals surface area contributed by atoms with Crippen LogP contribution in [0.25, 0.3) is 0 Å². The minimum Gasteiger partial charge on any atom is -0.0623 e. The van der Waals surface area contributed by atoms with Crippen LogP contribution in [0.15, 0.2) is 36.4 Å². The number of benzene rings is 1. The van der Waals surface area contributed by atoms with Crippen LogP contribution in [0.1, 0.15) is 0 Å². The first kappa shape index (κ1) is 34.5. The summed E-state index contributed by atoms with van der Waals surface area (Å²) in [5.74, 6) is 0. The van der Waals surface area contributed by atoms with Crippen molar-refractivity contribution in [3.8, 4) is 0 Å². The maximum atomic E-state index is 9.75. The molecule has 136 valence electrons. The second kappa shape index (κ2) is 17.0. The standard InChI is InChI=1S/C6H6.3BF4.K.H2O.H/c1-2-4-6-5-3-1;3*2-1(3,4)5;;;/h1-6H;;;;;1H2;/q;3*-1;;;. The maximum absolute atomic E-state index is 9.75. The molecule has 0 aliphatic heterocycles. The molecule has 0 saturated carbocycles. The van der Waals surface area contributed by atoms with Crippen LogP contribution < -0.4 is 0 Å². The van der Waals surface area contributed by atoms with E-state index in [2.05, 4.69) is 0 Å². The van der Waals surface area contributed by atoms with Gasteiger partial charge in [-0.25, -0.2) is 0 Å². The molecule has 0 atom stereocenters. The Hall–Kier alpha value is 0.171. The maximum Gasteiger partial charge on any atom is -0.0623 e. The van der Waals surface area contributed by atoms with Gasteiger partial charge in [-0.3, -0.25) is 0 Å². The van der Waals surface area contributed by atoms with Crippen LogP contribution in [0, 0.1) is 0 Å². The molecule has 17 heteroatoms. The summed E-state index contributed by atoms with van der Waals surface area (Å²) in [4.78, 5) is 0. The zero-order valence-electron chi connectivity index (χ0n) is 10.2. The van der Waals surface area contributed by atoms with Gasteiger partial charge in [0.1, 0.15) is 0 Å². The molecule has 1 aromatic carbocycles. The molecule has 1 rings (SSSR count). The molecule has 0 aromatic heterocycles. The smallest absolute Gasteiger partial charge is 0.0623 e. The van der Waals surface area contributed by atoms with E-state index in [9.17, 15) is 51.8 Å². The van der Waals surface area contributed by atoms with Crippen LogP contribution in [-0.2, 0) is 0 Å². The van der Waals surface area contributed by atoms with Crippen molar-refractivity contribution in [3.05, 3.63) is 36.4 Å². The molecule has 0 aliphatic rings. The van der Waals surface area contributed by atoms with Gasteiger partial charge in [-0.05, 0) is 0 Å². The van der Waals surface area contributed by atoms with Crippen molar-refractivity contribution < 1.29 is 57.3 Å². The third-order valence-corrected chi connectivity index (χ3v) is 0.667. The molecule has 0 unspecified atom stereocenters. The Balaban J connectivity index is -0.0000000612. The number of hydrogen-bond donors (Lipinski definition) is 0. The van der Waals surface area contributed by atoms with Crippen LogP contribution in [0.4, 0.5) is 51.8 Å². The molecule has 0 amide bonds. The molecule has 0 spiro atoms. The van der Waals surface area contributed by atoms with Gasteiger partial charge in [0.15, 0.2) is 0 Å². The summed E-state index contributed by atoms with van der Waals surface area (Å²) in [7, 11) is -18.0. The molecule has 0 radical (unpaired) electrons. The predicted octanol–water partition coefficient (Wildman–Crippen LogP) is 4.11. The molecule has 0 aliphatic carbocycles. The largest absolute Gasteiger partial charge is 0.0623 e. The summed E-state index contributed by atoms with van der Waals surface area (Å²) in [6.45, 7) is 0. The second-order valence-electron chi connectivity index (χ2n) is 2.64. The van der Waals surface area contributed by atoms with Gasteiger partial charge in [0.25, 0.3) is 0 Å². The van der Waals surface area contributed by atoms with Crippen LogP contribution >= 0.6 is 0 Å². The van der Waals surface area contributed by atoms with E-state index in [4.69, 9.17) is 0 Å². The molecule has 0 saturated heterocycles. The quantitative estimate of drug-likeness (QED) is 0.467. The van der Waals surface area contributed by atoms with E-state index in [1.807, 2.05) is 36.4 Å². The van der Waals surface area contributed by atoms with E-state index in [1.165, 1.54) is 0 Å². The fourth-order valence-corrected chi connectivity index (χ4v) is 0.385. The van der Waals surface area contributed by atoms with Gasteiger partial charge in [-0.2, -0.15) is 0 Å². The van der Waals surface area contributed by atoms with Gasteiger partial charge in [0, 0.05) is 0 Å². The average molecular weight is 397 g/mol. The minimum atomic E-state index is -6.00. The first-order chi connectivity index (χ1) is 9.00. The Morgan fingerprint density at radius 2 is 0.391 bits per heavy atom. The van der Waals surface area contributed by atoms with Crippen molar-refractivity contribution in [1.82, 2.24) is 0 Å². The van der Waals surface area contributed by atoms with E-state index in [-0.39, 0.29) is 56.9 Å². The van der Waals surface area contributed by atoms with Crippen molar-refractivity contribution in [3.63, 3.8) is 0 Å². The molecule has 1 aromatic rings. The zero-order chi connectivity index (χ0) is 17.7. The van der Waals surface area contributed by atoms with Gasteiger partial charge in [0.05, 0.1) is 0 Å². The Kier molecular flexibility index (Phi) is 25.5. The van der Waals surface area contributed by atoms with Gasteiger partial charge >= 0.3 is 73.1 Å². The summed E-state index contributed by atoms with van der Waals surface area (Å²) in [5.41, 5.74) is 0. The average Bonchev–Trinajstić information content (AvgIpc) is 2.12. The first-order valence-electron chi connectivity index (χ1n) is 4.62. The number of halogens is 12. The Labute approximate surface area is 165 Å². The van der Waals surface area contributed by atoms with E-state index < -0.39 is 21.8 Å². The fraction of sp³-hybridized carbons (Fsp3) is 0. The van der Waals surface area contributed by atoms with Crippen LogP contribution in [0.3, 0.4) is 0 Å². The van der Waals surface area contributed by atoms with Crippen LogP contribution in [-0.4, -0.2) is 78.6 Å². The molecule has 0 heterocycles. The second-order valence-corrected chi connectivity index (χ2v) is 2.64. The Morgan fingerprint density at radius 3 is 0.435 bits per heavy atom. The fourth-order valence-electron chi connectivity index (χ4n) is 0.385. The molecule has 1 nitrogen and oxygen atoms in total.